The molecule has 1 heterocycles. The molecule has 3 N–H and O–H groups in total. The molecule has 2 amide bonds. The third kappa shape index (κ3) is 4.71. The van der Waals surface area contributed by atoms with E-state index in [4.69, 9.17) is 0 Å². The predicted molar refractivity (Wildman–Crippen MR) is 90.5 cm³/mol. The molecule has 1 aliphatic rings. The maximum absolute atomic E-state index is 12.4. The van der Waals surface area contributed by atoms with Gasteiger partial charge in [0, 0.05) is 18.0 Å². The van der Waals surface area contributed by atoms with E-state index in [1.807, 2.05) is 26.8 Å². The number of hydrogen-bond acceptors (Lipinski definition) is 3. The average Bonchev–Trinajstić information content (AvgIpc) is 2.91. The van der Waals surface area contributed by atoms with Gasteiger partial charge in [-0.1, -0.05) is 32.9 Å². The number of halogens is 1. The largest absolute Gasteiger partial charge is 0.348 e. The van der Waals surface area contributed by atoms with E-state index in [0.29, 0.717) is 11.3 Å². The van der Waals surface area contributed by atoms with Gasteiger partial charge in [-0.2, -0.15) is 0 Å². The van der Waals surface area contributed by atoms with Crippen LogP contribution in [0, 0.1) is 5.41 Å². The summed E-state index contributed by atoms with van der Waals surface area (Å²) in [5.41, 5.74) is 0.557. The lowest BCUT2D eigenvalue weighted by Crippen LogP contribution is -2.37. The van der Waals surface area contributed by atoms with E-state index in [2.05, 4.69) is 16.0 Å². The van der Waals surface area contributed by atoms with Crippen LogP contribution in [0.15, 0.2) is 24.3 Å². The number of anilines is 1. The molecule has 22 heavy (non-hydrogen) atoms. The normalized spacial score (nSPS) is 17.5. The molecule has 122 valence electrons. The Morgan fingerprint density at radius 3 is 2.50 bits per heavy atom. The third-order valence-electron chi connectivity index (χ3n) is 3.50. The molecular formula is C16H24ClN3O2. The monoisotopic (exact) mass is 325 g/mol. The molecule has 5 nitrogen and oxygen atoms in total. The molecule has 1 aromatic carbocycles. The van der Waals surface area contributed by atoms with Gasteiger partial charge in [-0.25, -0.2) is 0 Å². The maximum atomic E-state index is 12.4. The number of hydrogen-bond donors (Lipinski definition) is 3. The van der Waals surface area contributed by atoms with E-state index < -0.39 is 5.41 Å². The van der Waals surface area contributed by atoms with Crippen LogP contribution in [0.3, 0.4) is 0 Å². The Hall–Kier alpha value is -1.59. The fourth-order valence-electron chi connectivity index (χ4n) is 2.14. The minimum Gasteiger partial charge on any atom is -0.348 e. The summed E-state index contributed by atoms with van der Waals surface area (Å²) < 4.78 is 0. The first-order valence-corrected chi connectivity index (χ1v) is 7.30. The van der Waals surface area contributed by atoms with E-state index in [-0.39, 0.29) is 30.3 Å². The lowest BCUT2D eigenvalue weighted by molar-refractivity contribution is -0.123. The summed E-state index contributed by atoms with van der Waals surface area (Å²) in [6.45, 7) is 7.25. The highest BCUT2D eigenvalue weighted by molar-refractivity contribution is 6.04. The molecular weight excluding hydrogens is 302 g/mol. The van der Waals surface area contributed by atoms with E-state index >= 15 is 0 Å². The summed E-state index contributed by atoms with van der Waals surface area (Å²) in [4.78, 5) is 24.5. The number of carbonyl (C=O) groups excluding carboxylic acids is 2. The zero-order valence-electron chi connectivity index (χ0n) is 13.2. The molecule has 0 saturated carbocycles. The first-order valence-electron chi connectivity index (χ1n) is 7.30. The van der Waals surface area contributed by atoms with Gasteiger partial charge in [0.25, 0.3) is 5.91 Å². The van der Waals surface area contributed by atoms with Crippen LogP contribution in [0.5, 0.6) is 0 Å². The Morgan fingerprint density at radius 2 is 1.91 bits per heavy atom. The Bertz CT molecular complexity index is 534. The van der Waals surface area contributed by atoms with Crippen LogP contribution in [0.4, 0.5) is 5.69 Å². The van der Waals surface area contributed by atoms with E-state index in [9.17, 15) is 9.59 Å². The highest BCUT2D eigenvalue weighted by Crippen LogP contribution is 2.20. The number of nitrogens with one attached hydrogen (secondary N) is 3. The van der Waals surface area contributed by atoms with Gasteiger partial charge >= 0.3 is 0 Å². The van der Waals surface area contributed by atoms with E-state index in [0.717, 1.165) is 19.5 Å². The van der Waals surface area contributed by atoms with Crippen LogP contribution in [0.25, 0.3) is 0 Å². The second-order valence-electron chi connectivity index (χ2n) is 6.41. The molecule has 0 spiro atoms. The number of rotatable bonds is 3. The lowest BCUT2D eigenvalue weighted by Gasteiger charge is -2.20. The molecule has 6 heteroatoms. The highest BCUT2D eigenvalue weighted by atomic mass is 35.5. The molecule has 0 aromatic heterocycles. The summed E-state index contributed by atoms with van der Waals surface area (Å²) >= 11 is 0. The topological polar surface area (TPSA) is 70.2 Å². The molecule has 0 bridgehead atoms. The maximum Gasteiger partial charge on any atom is 0.253 e. The van der Waals surface area contributed by atoms with Crippen LogP contribution < -0.4 is 16.0 Å². The number of carbonyl (C=O) groups is 2. The minimum atomic E-state index is -0.501. The van der Waals surface area contributed by atoms with Gasteiger partial charge in [-0.3, -0.25) is 9.59 Å². The smallest absolute Gasteiger partial charge is 0.253 e. The van der Waals surface area contributed by atoms with Gasteiger partial charge in [-0.15, -0.1) is 12.4 Å². The summed E-state index contributed by atoms with van der Waals surface area (Å²) in [5.74, 6) is -0.251. The van der Waals surface area contributed by atoms with Crippen molar-refractivity contribution in [3.63, 3.8) is 0 Å². The van der Waals surface area contributed by atoms with Crippen LogP contribution in [0.1, 0.15) is 37.6 Å². The molecule has 0 aliphatic carbocycles. The molecule has 1 saturated heterocycles. The molecule has 1 aliphatic heterocycles. The minimum absolute atomic E-state index is 0. The van der Waals surface area contributed by atoms with Gasteiger partial charge in [0.1, 0.15) is 0 Å². The lowest BCUT2D eigenvalue weighted by atomic mass is 9.95. The SMILES string of the molecule is CC(C)(C)C(=O)Nc1ccccc1C(=O)NC1CCNC1.Cl. The predicted octanol–water partition coefficient (Wildman–Crippen LogP) is 2.18. The quantitative estimate of drug-likeness (QED) is 0.797. The zero-order valence-corrected chi connectivity index (χ0v) is 14.0. The summed E-state index contributed by atoms with van der Waals surface area (Å²) in [6.07, 6.45) is 0.933. The van der Waals surface area contributed by atoms with Gasteiger partial charge in [0.05, 0.1) is 11.3 Å². The highest BCUT2D eigenvalue weighted by Gasteiger charge is 2.24. The molecule has 1 atom stereocenters. The Labute approximate surface area is 137 Å². The average molecular weight is 326 g/mol. The van der Waals surface area contributed by atoms with Crippen molar-refractivity contribution in [2.45, 2.75) is 33.2 Å². The van der Waals surface area contributed by atoms with Crippen molar-refractivity contribution in [1.29, 1.82) is 0 Å². The molecule has 1 unspecified atom stereocenters. The Kier molecular flexibility index (Phi) is 6.38. The number of para-hydroxylation sites is 1. The second kappa shape index (κ2) is 7.61. The Balaban J connectivity index is 0.00000242. The summed E-state index contributed by atoms with van der Waals surface area (Å²) in [6, 6.07) is 7.26. The van der Waals surface area contributed by atoms with Crippen molar-refractivity contribution in [2.75, 3.05) is 18.4 Å². The van der Waals surface area contributed by atoms with Crippen molar-refractivity contribution in [3.05, 3.63) is 29.8 Å². The fraction of sp³-hybridized carbons (Fsp3) is 0.500. The number of benzene rings is 1. The molecule has 2 rings (SSSR count). The van der Waals surface area contributed by atoms with E-state index in [1.165, 1.54) is 0 Å². The van der Waals surface area contributed by atoms with Crippen molar-refractivity contribution in [1.82, 2.24) is 10.6 Å². The van der Waals surface area contributed by atoms with Crippen LogP contribution in [-0.2, 0) is 4.79 Å². The molecule has 1 fully saturated rings. The summed E-state index contributed by atoms with van der Waals surface area (Å²) in [7, 11) is 0. The standard InChI is InChI=1S/C16H23N3O2.ClH/c1-16(2,3)15(21)19-13-7-5-4-6-12(13)14(20)18-11-8-9-17-10-11;/h4-7,11,17H,8-10H2,1-3H3,(H,18,20)(H,19,21);1H. The van der Waals surface area contributed by atoms with Gasteiger partial charge in [-0.05, 0) is 25.1 Å². The zero-order chi connectivity index (χ0) is 15.5. The van der Waals surface area contributed by atoms with Gasteiger partial charge in [0.2, 0.25) is 5.91 Å². The molecule has 0 radical (unpaired) electrons. The van der Waals surface area contributed by atoms with Crippen LogP contribution >= 0.6 is 12.4 Å². The number of amides is 2. The van der Waals surface area contributed by atoms with Crippen molar-refractivity contribution < 1.29 is 9.59 Å². The Morgan fingerprint density at radius 1 is 1.23 bits per heavy atom. The van der Waals surface area contributed by atoms with Crippen molar-refractivity contribution in [2.24, 2.45) is 5.41 Å². The van der Waals surface area contributed by atoms with Crippen molar-refractivity contribution >= 4 is 29.9 Å². The van der Waals surface area contributed by atoms with Crippen LogP contribution in [0.2, 0.25) is 0 Å². The van der Waals surface area contributed by atoms with Gasteiger partial charge in [0.15, 0.2) is 0 Å². The van der Waals surface area contributed by atoms with Crippen molar-refractivity contribution in [3.8, 4) is 0 Å². The fourth-order valence-corrected chi connectivity index (χ4v) is 2.14. The summed E-state index contributed by atoms with van der Waals surface area (Å²) in [5, 5.41) is 9.05. The van der Waals surface area contributed by atoms with Gasteiger partial charge < -0.3 is 16.0 Å². The van der Waals surface area contributed by atoms with Crippen LogP contribution in [-0.4, -0.2) is 30.9 Å². The van der Waals surface area contributed by atoms with E-state index in [1.54, 1.807) is 18.2 Å². The molecule has 1 aromatic rings. The second-order valence-corrected chi connectivity index (χ2v) is 6.41. The first-order chi connectivity index (χ1) is 9.88. The first kappa shape index (κ1) is 18.5. The third-order valence-corrected chi connectivity index (χ3v) is 3.50.